The van der Waals surface area contributed by atoms with Crippen LogP contribution in [0.2, 0.25) is 5.02 Å². The van der Waals surface area contributed by atoms with Gasteiger partial charge in [-0.25, -0.2) is 5.01 Å². The lowest BCUT2D eigenvalue weighted by Crippen LogP contribution is -2.34. The first-order valence-electron chi connectivity index (χ1n) is 7.49. The molecule has 0 radical (unpaired) electrons. The predicted molar refractivity (Wildman–Crippen MR) is 100 cm³/mol. The molecule has 23 heavy (non-hydrogen) atoms. The molecule has 0 aliphatic carbocycles. The van der Waals surface area contributed by atoms with Crippen LogP contribution in [0.25, 0.3) is 0 Å². The van der Waals surface area contributed by atoms with Gasteiger partial charge in [0, 0.05) is 18.5 Å². The molecule has 1 atom stereocenters. The number of thiocarbonyl (C=S) groups is 1. The highest BCUT2D eigenvalue weighted by Crippen LogP contribution is 2.33. The van der Waals surface area contributed by atoms with Crippen LogP contribution >= 0.6 is 23.8 Å². The van der Waals surface area contributed by atoms with Gasteiger partial charge in [0.15, 0.2) is 5.11 Å². The van der Waals surface area contributed by atoms with Crippen LogP contribution in [0.5, 0.6) is 0 Å². The minimum atomic E-state index is 0.0866. The number of hydrogen-bond acceptors (Lipinski definition) is 2. The van der Waals surface area contributed by atoms with Crippen LogP contribution < -0.4 is 5.32 Å². The third-order valence-corrected chi connectivity index (χ3v) is 4.62. The van der Waals surface area contributed by atoms with Gasteiger partial charge in [0.25, 0.3) is 0 Å². The Hall–Kier alpha value is -1.91. The molecule has 118 valence electrons. The van der Waals surface area contributed by atoms with Crippen molar-refractivity contribution in [2.24, 2.45) is 5.10 Å². The molecule has 2 aromatic rings. The number of nitrogens with one attached hydrogen (secondary N) is 1. The molecule has 0 saturated carbocycles. The normalized spacial score (nSPS) is 17.1. The molecule has 0 aromatic heterocycles. The predicted octanol–water partition coefficient (Wildman–Crippen LogP) is 4.30. The highest BCUT2D eigenvalue weighted by Gasteiger charge is 2.30. The van der Waals surface area contributed by atoms with Gasteiger partial charge in [0.05, 0.1) is 11.8 Å². The SMILES string of the molecule is CNC(=S)N1N=C(c2ccc(C)cc2)C[C@@H]1c1ccc(Cl)cc1. The molecule has 0 unspecified atom stereocenters. The van der Waals surface area contributed by atoms with Gasteiger partial charge in [-0.15, -0.1) is 0 Å². The number of aryl methyl sites for hydroxylation is 1. The molecule has 0 amide bonds. The Labute approximate surface area is 147 Å². The lowest BCUT2D eigenvalue weighted by molar-refractivity contribution is 0.367. The average Bonchev–Trinajstić information content (AvgIpc) is 3.00. The quantitative estimate of drug-likeness (QED) is 0.824. The summed E-state index contributed by atoms with van der Waals surface area (Å²) in [4.78, 5) is 0. The highest BCUT2D eigenvalue weighted by atomic mass is 35.5. The second-order valence-corrected chi connectivity index (χ2v) is 6.41. The molecule has 3 nitrogen and oxygen atoms in total. The van der Waals surface area contributed by atoms with Gasteiger partial charge in [0.2, 0.25) is 0 Å². The fraction of sp³-hybridized carbons (Fsp3) is 0.222. The summed E-state index contributed by atoms with van der Waals surface area (Å²) in [7, 11) is 1.82. The molecular weight excluding hydrogens is 326 g/mol. The fourth-order valence-electron chi connectivity index (χ4n) is 2.68. The van der Waals surface area contributed by atoms with E-state index >= 15 is 0 Å². The number of halogens is 1. The highest BCUT2D eigenvalue weighted by molar-refractivity contribution is 7.80. The van der Waals surface area contributed by atoms with Crippen LogP contribution in [0.1, 0.15) is 29.2 Å². The lowest BCUT2D eigenvalue weighted by Gasteiger charge is -2.23. The van der Waals surface area contributed by atoms with Gasteiger partial charge in [-0.2, -0.15) is 5.10 Å². The van der Waals surface area contributed by atoms with Gasteiger partial charge >= 0.3 is 0 Å². The number of hydrogen-bond donors (Lipinski definition) is 1. The Morgan fingerprint density at radius 3 is 2.43 bits per heavy atom. The molecule has 0 spiro atoms. The summed E-state index contributed by atoms with van der Waals surface area (Å²) in [5.74, 6) is 0. The molecular formula is C18H18ClN3S. The molecule has 0 bridgehead atoms. The van der Waals surface area contributed by atoms with E-state index in [1.807, 2.05) is 36.3 Å². The van der Waals surface area contributed by atoms with Gasteiger partial charge in [-0.1, -0.05) is 53.6 Å². The molecule has 0 fully saturated rings. The van der Waals surface area contributed by atoms with Crippen molar-refractivity contribution in [3.63, 3.8) is 0 Å². The van der Waals surface area contributed by atoms with Crippen LogP contribution in [0.3, 0.4) is 0 Å². The first-order chi connectivity index (χ1) is 11.1. The molecule has 1 N–H and O–H groups in total. The Kier molecular flexibility index (Phi) is 4.64. The fourth-order valence-corrected chi connectivity index (χ4v) is 2.97. The van der Waals surface area contributed by atoms with Crippen molar-refractivity contribution < 1.29 is 0 Å². The molecule has 1 aliphatic heterocycles. The number of rotatable bonds is 2. The summed E-state index contributed by atoms with van der Waals surface area (Å²) in [6.45, 7) is 2.08. The molecule has 3 rings (SSSR count). The Morgan fingerprint density at radius 1 is 1.17 bits per heavy atom. The first-order valence-corrected chi connectivity index (χ1v) is 8.28. The third kappa shape index (κ3) is 3.38. The van der Waals surface area contributed by atoms with Crippen molar-refractivity contribution in [3.05, 3.63) is 70.2 Å². The van der Waals surface area contributed by atoms with Crippen LogP contribution in [-0.4, -0.2) is 22.9 Å². The van der Waals surface area contributed by atoms with Gasteiger partial charge < -0.3 is 5.32 Å². The van der Waals surface area contributed by atoms with E-state index in [4.69, 9.17) is 28.9 Å². The van der Waals surface area contributed by atoms with Crippen LogP contribution in [0.15, 0.2) is 53.6 Å². The zero-order valence-corrected chi connectivity index (χ0v) is 14.7. The summed E-state index contributed by atoms with van der Waals surface area (Å²) in [6, 6.07) is 16.4. The number of nitrogens with zero attached hydrogens (tertiary/aromatic N) is 2. The molecule has 2 aromatic carbocycles. The van der Waals surface area contributed by atoms with E-state index in [2.05, 4.69) is 36.5 Å². The summed E-state index contributed by atoms with van der Waals surface area (Å²) < 4.78 is 0. The monoisotopic (exact) mass is 343 g/mol. The van der Waals surface area contributed by atoms with E-state index in [1.165, 1.54) is 5.56 Å². The van der Waals surface area contributed by atoms with Crippen molar-refractivity contribution in [2.75, 3.05) is 7.05 Å². The number of hydrazone groups is 1. The Bertz CT molecular complexity index is 738. The summed E-state index contributed by atoms with van der Waals surface area (Å²) in [5.41, 5.74) is 4.57. The van der Waals surface area contributed by atoms with Crippen molar-refractivity contribution in [1.29, 1.82) is 0 Å². The van der Waals surface area contributed by atoms with Crippen LogP contribution in [-0.2, 0) is 0 Å². The lowest BCUT2D eigenvalue weighted by atomic mass is 9.98. The molecule has 1 aliphatic rings. The Morgan fingerprint density at radius 2 is 1.83 bits per heavy atom. The Balaban J connectivity index is 1.93. The smallest absolute Gasteiger partial charge is 0.189 e. The molecule has 5 heteroatoms. The molecule has 1 heterocycles. The zero-order valence-electron chi connectivity index (χ0n) is 13.1. The van der Waals surface area contributed by atoms with Crippen LogP contribution in [0.4, 0.5) is 0 Å². The maximum Gasteiger partial charge on any atom is 0.189 e. The third-order valence-electron chi connectivity index (χ3n) is 3.97. The standard InChI is InChI=1S/C18H18ClN3S/c1-12-3-5-13(6-4-12)16-11-17(22(21-16)18(23)20-2)14-7-9-15(19)10-8-14/h3-10,17H,11H2,1-2H3,(H,20,23)/t17-/m1/s1. The van der Waals surface area contributed by atoms with Crippen molar-refractivity contribution >= 4 is 34.6 Å². The van der Waals surface area contributed by atoms with E-state index in [9.17, 15) is 0 Å². The van der Waals surface area contributed by atoms with E-state index in [1.54, 1.807) is 0 Å². The first kappa shape index (κ1) is 16.0. The topological polar surface area (TPSA) is 27.6 Å². The largest absolute Gasteiger partial charge is 0.364 e. The number of benzene rings is 2. The van der Waals surface area contributed by atoms with E-state index < -0.39 is 0 Å². The van der Waals surface area contributed by atoms with E-state index in [0.717, 1.165) is 28.3 Å². The minimum absolute atomic E-state index is 0.0866. The van der Waals surface area contributed by atoms with Crippen molar-refractivity contribution in [1.82, 2.24) is 10.3 Å². The van der Waals surface area contributed by atoms with Gasteiger partial charge in [-0.3, -0.25) is 0 Å². The summed E-state index contributed by atoms with van der Waals surface area (Å²) in [6.07, 6.45) is 0.812. The average molecular weight is 344 g/mol. The van der Waals surface area contributed by atoms with Gasteiger partial charge in [-0.05, 0) is 42.4 Å². The summed E-state index contributed by atoms with van der Waals surface area (Å²) in [5, 5.41) is 11.0. The zero-order chi connectivity index (χ0) is 16.4. The maximum absolute atomic E-state index is 6.00. The molecule has 0 saturated heterocycles. The van der Waals surface area contributed by atoms with Crippen molar-refractivity contribution in [3.8, 4) is 0 Å². The minimum Gasteiger partial charge on any atom is -0.364 e. The van der Waals surface area contributed by atoms with Crippen LogP contribution in [0, 0.1) is 6.92 Å². The van der Waals surface area contributed by atoms with E-state index in [-0.39, 0.29) is 6.04 Å². The maximum atomic E-state index is 6.00. The second-order valence-electron chi connectivity index (χ2n) is 5.58. The summed E-state index contributed by atoms with van der Waals surface area (Å²) >= 11 is 11.4. The van der Waals surface area contributed by atoms with Crippen molar-refractivity contribution in [2.45, 2.75) is 19.4 Å². The van der Waals surface area contributed by atoms with E-state index in [0.29, 0.717) is 5.11 Å². The van der Waals surface area contributed by atoms with Gasteiger partial charge in [0.1, 0.15) is 0 Å². The second kappa shape index (κ2) is 6.69.